The molecule has 0 rings (SSSR count). The summed E-state index contributed by atoms with van der Waals surface area (Å²) in [5.41, 5.74) is 0. The predicted octanol–water partition coefficient (Wildman–Crippen LogP) is -2.18. The van der Waals surface area contributed by atoms with Gasteiger partial charge in [0.15, 0.2) is 0 Å². The summed E-state index contributed by atoms with van der Waals surface area (Å²) < 4.78 is 0. The fourth-order valence-electron chi connectivity index (χ4n) is 0. The minimum Gasteiger partial charge on any atom is -0.870 e. The maximum absolute atomic E-state index is 0. The first-order valence-corrected chi connectivity index (χ1v) is 0. The molecule has 0 aliphatic carbocycles. The minimum atomic E-state index is 0. The Bertz CT molecular complexity index is 12.1. The molecule has 0 aliphatic heterocycles. The van der Waals surface area contributed by atoms with Crippen LogP contribution in [0.2, 0.25) is 0 Å². The molecule has 8 N–H and O–H groups in total. The van der Waals surface area contributed by atoms with E-state index >= 15 is 0 Å². The molecule has 73 valence electrons. The van der Waals surface area contributed by atoms with Crippen LogP contribution in [0.15, 0.2) is 0 Å². The zero-order valence-corrected chi connectivity index (χ0v) is 14.7. The molecule has 0 aliphatic rings. The first-order valence-electron chi connectivity index (χ1n) is 0. The van der Waals surface area contributed by atoms with Crippen LogP contribution in [0, 0.1) is 0 Å². The molecule has 11 heavy (non-hydrogen) atoms. The van der Waals surface area contributed by atoms with E-state index in [1.165, 1.54) is 0 Å². The van der Waals surface area contributed by atoms with Crippen LogP contribution < -0.4 is 0 Å². The van der Waals surface area contributed by atoms with E-state index in [0.717, 1.165) is 0 Å². The summed E-state index contributed by atoms with van der Waals surface area (Å²) in [7, 11) is 0. The molecule has 0 unspecified atom stereocenters. The van der Waals surface area contributed by atoms with E-state index in [-0.39, 0.29) is 155 Å². The van der Waals surface area contributed by atoms with Gasteiger partial charge in [-0.2, -0.15) is 0 Å². The van der Waals surface area contributed by atoms with E-state index in [1.807, 2.05) is 0 Å². The van der Waals surface area contributed by atoms with Gasteiger partial charge in [0.05, 0.1) is 0 Å². The van der Waals surface area contributed by atoms with Gasteiger partial charge in [-0.05, 0) is 0 Å². The molecular formula is H8IrO8Sr2-4. The van der Waals surface area contributed by atoms with E-state index in [9.17, 15) is 0 Å². The molecule has 0 heterocycles. The van der Waals surface area contributed by atoms with Gasteiger partial charge < -0.3 is 43.8 Å². The molecule has 0 aromatic rings. The van der Waals surface area contributed by atoms with Crippen LogP contribution in [-0.4, -0.2) is 135 Å². The average molecular weight is 504 g/mol. The smallest absolute Gasteiger partial charge is 0.870 e. The van der Waals surface area contributed by atoms with Crippen molar-refractivity contribution in [2.45, 2.75) is 0 Å². The van der Waals surface area contributed by atoms with Gasteiger partial charge >= 0.3 is 91.0 Å². The van der Waals surface area contributed by atoms with Crippen LogP contribution >= 0.6 is 0 Å². The summed E-state index contributed by atoms with van der Waals surface area (Å²) in [6.07, 6.45) is 0. The van der Waals surface area contributed by atoms with Crippen LogP contribution in [0.5, 0.6) is 0 Å². The molecule has 0 saturated carbocycles. The number of hydrogen-bond acceptors (Lipinski definition) is 8. The molecule has 0 atom stereocenters. The van der Waals surface area contributed by atoms with Crippen LogP contribution in [0.25, 0.3) is 0 Å². The summed E-state index contributed by atoms with van der Waals surface area (Å²) in [4.78, 5) is 0. The fraction of sp³-hybridized carbons (Fsp3) is 0. The van der Waals surface area contributed by atoms with Gasteiger partial charge in [0, 0.05) is 20.1 Å². The third-order valence-electron chi connectivity index (χ3n) is 0. The van der Waals surface area contributed by atoms with Crippen LogP contribution in [-0.2, 0) is 20.1 Å². The molecule has 0 aromatic heterocycles. The van der Waals surface area contributed by atoms with Gasteiger partial charge in [-0.3, -0.25) is 0 Å². The van der Waals surface area contributed by atoms with Gasteiger partial charge in [0.25, 0.3) is 0 Å². The molecule has 1 radical (unpaired) electrons. The molecule has 11 heteroatoms. The molecule has 0 spiro atoms. The monoisotopic (exact) mass is 505 g/mol. The zero-order chi connectivity index (χ0) is 0. The van der Waals surface area contributed by atoms with Crippen LogP contribution in [0.1, 0.15) is 0 Å². The van der Waals surface area contributed by atoms with Crippen molar-refractivity contribution in [1.29, 1.82) is 0 Å². The van der Waals surface area contributed by atoms with Crippen molar-refractivity contribution in [2.24, 2.45) is 0 Å². The van der Waals surface area contributed by atoms with Gasteiger partial charge in [0.1, 0.15) is 0 Å². The van der Waals surface area contributed by atoms with Crippen LogP contribution in [0.4, 0.5) is 0 Å². The Kier molecular flexibility index (Phi) is 3930. The Morgan fingerprint density at radius 3 is 0.273 bits per heavy atom. The standard InChI is InChI=1S/Ir.8H2O.2Sr/h;8*1H2;;/q;;;;;;;;;2*+2/p-8. The van der Waals surface area contributed by atoms with Gasteiger partial charge in [0.2, 0.25) is 0 Å². The molecule has 0 amide bonds. The second-order valence-corrected chi connectivity index (χ2v) is 0. The Morgan fingerprint density at radius 2 is 0.273 bits per heavy atom. The Balaban J connectivity index is 0. The molecule has 0 saturated heterocycles. The number of rotatable bonds is 0. The van der Waals surface area contributed by atoms with Crippen molar-refractivity contribution in [3.8, 4) is 0 Å². The molecule has 0 fully saturated rings. The van der Waals surface area contributed by atoms with Crippen molar-refractivity contribution in [3.63, 3.8) is 0 Å². The zero-order valence-electron chi connectivity index (χ0n) is 5.33. The van der Waals surface area contributed by atoms with Gasteiger partial charge in [-0.25, -0.2) is 0 Å². The fourth-order valence-corrected chi connectivity index (χ4v) is 0. The topological polar surface area (TPSA) is 240 Å². The Labute approximate surface area is 151 Å². The normalized spacial score (nSPS) is 0. The van der Waals surface area contributed by atoms with Crippen LogP contribution in [0.3, 0.4) is 0 Å². The van der Waals surface area contributed by atoms with E-state index in [1.54, 1.807) is 0 Å². The average Bonchev–Trinajstić information content (AvgIpc) is 0. The minimum absolute atomic E-state index is 0. The van der Waals surface area contributed by atoms with E-state index < -0.39 is 0 Å². The summed E-state index contributed by atoms with van der Waals surface area (Å²) in [5.74, 6) is 0. The molecule has 0 aromatic carbocycles. The second kappa shape index (κ2) is 185. The van der Waals surface area contributed by atoms with Gasteiger partial charge in [-0.1, -0.05) is 0 Å². The summed E-state index contributed by atoms with van der Waals surface area (Å²) >= 11 is 0. The molecular weight excluding hydrogens is 495 g/mol. The van der Waals surface area contributed by atoms with Crippen molar-refractivity contribution in [2.75, 3.05) is 0 Å². The second-order valence-electron chi connectivity index (χ2n) is 0. The van der Waals surface area contributed by atoms with E-state index in [4.69, 9.17) is 0 Å². The summed E-state index contributed by atoms with van der Waals surface area (Å²) in [6.45, 7) is 0. The predicted molar refractivity (Wildman–Crippen MR) is 27.0 cm³/mol. The molecule has 0 bridgehead atoms. The maximum Gasteiger partial charge on any atom is 2.00 e. The third-order valence-corrected chi connectivity index (χ3v) is 0. The molecule has 8 nitrogen and oxygen atoms in total. The first kappa shape index (κ1) is 233. The SMILES string of the molecule is [Ir].[OH-].[OH-].[OH-].[OH-].[OH-].[OH-].[OH-].[OH-].[Sr+2].[Sr+2]. The largest absolute Gasteiger partial charge is 2.00 e. The first-order chi connectivity index (χ1) is 0. The van der Waals surface area contributed by atoms with Crippen molar-refractivity contribution >= 4 is 91.0 Å². The van der Waals surface area contributed by atoms with Crippen molar-refractivity contribution in [3.05, 3.63) is 0 Å². The van der Waals surface area contributed by atoms with E-state index in [0.29, 0.717) is 0 Å². The summed E-state index contributed by atoms with van der Waals surface area (Å²) in [5, 5.41) is 0. The Morgan fingerprint density at radius 1 is 0.273 bits per heavy atom. The maximum atomic E-state index is 0. The van der Waals surface area contributed by atoms with Crippen molar-refractivity contribution in [1.82, 2.24) is 0 Å². The summed E-state index contributed by atoms with van der Waals surface area (Å²) in [6, 6.07) is 0. The van der Waals surface area contributed by atoms with Crippen molar-refractivity contribution < 1.29 is 63.9 Å². The van der Waals surface area contributed by atoms with E-state index in [2.05, 4.69) is 0 Å². The quantitative estimate of drug-likeness (QED) is 0.328. The number of hydrogen-bond donors (Lipinski definition) is 0. The Hall–Kier alpha value is 3.29. The van der Waals surface area contributed by atoms with Gasteiger partial charge in [-0.15, -0.1) is 0 Å². The third kappa shape index (κ3) is 156.